The number of hydrogen-bond acceptors (Lipinski definition) is 4. The van der Waals surface area contributed by atoms with Crippen molar-refractivity contribution < 1.29 is 19.2 Å². The van der Waals surface area contributed by atoms with Crippen LogP contribution in [0, 0.1) is 47.4 Å². The maximum atomic E-state index is 15.5. The number of amides is 4. The second kappa shape index (κ2) is 22.5. The molecule has 0 spiro atoms. The summed E-state index contributed by atoms with van der Waals surface area (Å²) in [6.07, 6.45) is 11.4. The number of unbranched alkanes of at least 4 members (excludes halogenated alkanes) is 10. The lowest BCUT2D eigenvalue weighted by Crippen LogP contribution is -2.45. The summed E-state index contributed by atoms with van der Waals surface area (Å²) in [5.41, 5.74) is 4.16. The van der Waals surface area contributed by atoms with Gasteiger partial charge in [0.2, 0.25) is 0 Å². The van der Waals surface area contributed by atoms with Crippen molar-refractivity contribution >= 4 is 34.4 Å². The Labute approximate surface area is 401 Å². The number of benzene rings is 6. The van der Waals surface area contributed by atoms with Gasteiger partial charge in [-0.25, -0.2) is 0 Å². The maximum absolute atomic E-state index is 15.5. The molecule has 6 nitrogen and oxygen atoms in total. The van der Waals surface area contributed by atoms with Gasteiger partial charge >= 0.3 is 0 Å². The Morgan fingerprint density at radius 2 is 0.544 bits per heavy atom. The topological polar surface area (TPSA) is 74.8 Å². The van der Waals surface area contributed by atoms with E-state index >= 15 is 19.2 Å². The van der Waals surface area contributed by atoms with Crippen molar-refractivity contribution in [3.63, 3.8) is 0 Å². The molecule has 0 aromatic heterocycles. The van der Waals surface area contributed by atoms with Gasteiger partial charge in [-0.05, 0) is 61.4 Å². The highest BCUT2D eigenvalue weighted by Crippen LogP contribution is 2.45. The van der Waals surface area contributed by atoms with Crippen LogP contribution < -0.4 is 0 Å². The van der Waals surface area contributed by atoms with Gasteiger partial charge in [0.05, 0.1) is 44.5 Å². The Hall–Kier alpha value is -7.90. The molecule has 4 amide bonds. The van der Waals surface area contributed by atoms with E-state index in [9.17, 15) is 0 Å². The molecule has 0 fully saturated rings. The number of rotatable bonds is 14. The Kier molecular flexibility index (Phi) is 15.4. The second-order valence-corrected chi connectivity index (χ2v) is 17.3. The summed E-state index contributed by atoms with van der Waals surface area (Å²) < 4.78 is 0. The monoisotopic (exact) mass is 890 g/mol. The lowest BCUT2D eigenvalue weighted by molar-refractivity contribution is 0.0585. The molecule has 6 heteroatoms. The van der Waals surface area contributed by atoms with Crippen LogP contribution in [-0.4, -0.2) is 46.5 Å². The first-order valence-electron chi connectivity index (χ1n) is 24.2. The van der Waals surface area contributed by atoms with Gasteiger partial charge in [-0.2, -0.15) is 0 Å². The third kappa shape index (κ3) is 10.2. The predicted molar refractivity (Wildman–Crippen MR) is 271 cm³/mol. The van der Waals surface area contributed by atoms with Crippen molar-refractivity contribution in [3.8, 4) is 47.4 Å². The van der Waals surface area contributed by atoms with Crippen molar-refractivity contribution in [2.75, 3.05) is 13.1 Å². The van der Waals surface area contributed by atoms with Crippen LogP contribution in [0.2, 0.25) is 0 Å². The van der Waals surface area contributed by atoms with Gasteiger partial charge in [0, 0.05) is 46.1 Å². The molecule has 2 aliphatic heterocycles. The molecule has 336 valence electrons. The minimum atomic E-state index is -0.548. The highest BCUT2D eigenvalue weighted by Gasteiger charge is 2.45. The molecular formula is C62H54N2O4. The van der Waals surface area contributed by atoms with Crippen LogP contribution in [-0.2, 0) is 0 Å². The zero-order valence-corrected chi connectivity index (χ0v) is 39.0. The summed E-state index contributed by atoms with van der Waals surface area (Å²) in [5, 5.41) is 0.380. The molecular weight excluding hydrogens is 837 g/mol. The Morgan fingerprint density at radius 1 is 0.309 bits per heavy atom. The quantitative estimate of drug-likeness (QED) is 0.0620. The third-order valence-corrected chi connectivity index (χ3v) is 12.5. The molecule has 2 aliphatic rings. The molecule has 8 rings (SSSR count). The van der Waals surface area contributed by atoms with Crippen molar-refractivity contribution in [2.45, 2.75) is 90.9 Å². The Balaban J connectivity index is 1.50. The third-order valence-electron chi connectivity index (χ3n) is 12.5. The first-order valence-corrected chi connectivity index (χ1v) is 24.2. The van der Waals surface area contributed by atoms with Crippen LogP contribution >= 0.6 is 0 Å². The summed E-state index contributed by atoms with van der Waals surface area (Å²) in [7, 11) is 0. The number of nitrogens with zero attached hydrogens (tertiary/aromatic N) is 2. The van der Waals surface area contributed by atoms with Gasteiger partial charge in [-0.1, -0.05) is 198 Å². The van der Waals surface area contributed by atoms with Crippen molar-refractivity contribution in [3.05, 3.63) is 188 Å². The van der Waals surface area contributed by atoms with Crippen LogP contribution in [0.15, 0.2) is 121 Å². The molecule has 68 heavy (non-hydrogen) atoms. The van der Waals surface area contributed by atoms with Gasteiger partial charge in [0.25, 0.3) is 23.6 Å². The summed E-state index contributed by atoms with van der Waals surface area (Å²) in [5.74, 6) is 24.3. The van der Waals surface area contributed by atoms with E-state index < -0.39 is 23.6 Å². The van der Waals surface area contributed by atoms with E-state index in [1.54, 1.807) is 0 Å². The minimum absolute atomic E-state index is 0.127. The molecule has 0 saturated carbocycles. The fourth-order valence-corrected chi connectivity index (χ4v) is 8.96. The fraction of sp³-hybridized carbons (Fsp3) is 0.258. The zero-order valence-electron chi connectivity index (χ0n) is 39.0. The standard InChI is InChI=1S/C62H54N2O4/c1-3-5-7-9-11-25-43-63-59(65)53-49(39-35-45-27-17-13-18-28-45)51(41-37-47-31-21-15-22-32-47)55-58-56(62(68)64(61(55)67)44-26-12-10-8-6-4-2)52(42-38-48-33-23-16-24-34-48)50(54(57(53)58)60(63)66)40-36-46-29-19-14-20-30-46/h13-24,27-34H,3-12,25-26,43-44H2,1-2H3. The first kappa shape index (κ1) is 46.6. The first-order chi connectivity index (χ1) is 33.4. The summed E-state index contributed by atoms with van der Waals surface area (Å²) in [6, 6.07) is 37.7. The lowest BCUT2D eigenvalue weighted by atomic mass is 9.76. The average molecular weight is 891 g/mol. The van der Waals surface area contributed by atoms with E-state index in [2.05, 4.69) is 61.2 Å². The normalized spacial score (nSPS) is 12.4. The van der Waals surface area contributed by atoms with Gasteiger partial charge < -0.3 is 0 Å². The van der Waals surface area contributed by atoms with E-state index in [4.69, 9.17) is 0 Å². The van der Waals surface area contributed by atoms with Gasteiger partial charge in [0.1, 0.15) is 0 Å². The molecule has 0 atom stereocenters. The van der Waals surface area contributed by atoms with Gasteiger partial charge in [0.15, 0.2) is 0 Å². The number of imide groups is 2. The van der Waals surface area contributed by atoms with E-state index in [1.165, 1.54) is 9.80 Å². The highest BCUT2D eigenvalue weighted by atomic mass is 16.2. The molecule has 6 aromatic rings. The Bertz CT molecular complexity index is 2720. The Morgan fingerprint density at radius 3 is 0.794 bits per heavy atom. The van der Waals surface area contributed by atoms with Crippen molar-refractivity contribution in [2.24, 2.45) is 0 Å². The number of carbonyl (C=O) groups is 4. The molecule has 0 N–H and O–H groups in total. The van der Waals surface area contributed by atoms with Crippen LogP contribution in [0.4, 0.5) is 0 Å². The molecule has 0 radical (unpaired) electrons. The fourth-order valence-electron chi connectivity index (χ4n) is 8.96. The molecule has 0 aliphatic carbocycles. The SMILES string of the molecule is CCCCCCCCN1C(=O)c2c(C#Cc3ccccc3)c(C#Cc3ccccc3)c3c4c(c(C#Cc5ccccc5)c(C#Cc5ccccc5)c(c24)C1=O)C(=O)N(CCCCCCCC)C3=O. The predicted octanol–water partition coefficient (Wildman–Crippen LogP) is 12.4. The summed E-state index contributed by atoms with van der Waals surface area (Å²) in [6.45, 7) is 4.65. The van der Waals surface area contributed by atoms with E-state index in [-0.39, 0.29) is 68.4 Å². The van der Waals surface area contributed by atoms with Crippen LogP contribution in [0.25, 0.3) is 10.8 Å². The smallest absolute Gasteiger partial charge is 0.262 e. The average Bonchev–Trinajstić information content (AvgIpc) is 3.37. The van der Waals surface area contributed by atoms with Crippen molar-refractivity contribution in [1.82, 2.24) is 9.80 Å². The number of hydrogen-bond donors (Lipinski definition) is 0. The lowest BCUT2D eigenvalue weighted by Gasteiger charge is -2.35. The van der Waals surface area contributed by atoms with Crippen LogP contribution in [0.5, 0.6) is 0 Å². The maximum Gasteiger partial charge on any atom is 0.262 e. The molecule has 0 bridgehead atoms. The molecule has 6 aromatic carbocycles. The molecule has 2 heterocycles. The van der Waals surface area contributed by atoms with E-state index in [0.29, 0.717) is 35.1 Å². The summed E-state index contributed by atoms with van der Waals surface area (Å²) >= 11 is 0. The highest BCUT2D eigenvalue weighted by molar-refractivity contribution is 6.36. The second-order valence-electron chi connectivity index (χ2n) is 17.3. The zero-order chi connectivity index (χ0) is 47.2. The minimum Gasteiger partial charge on any atom is -0.274 e. The molecule has 0 unspecified atom stereocenters. The van der Waals surface area contributed by atoms with Gasteiger partial charge in [-0.3, -0.25) is 29.0 Å². The van der Waals surface area contributed by atoms with Crippen molar-refractivity contribution in [1.29, 1.82) is 0 Å². The van der Waals surface area contributed by atoms with E-state index in [0.717, 1.165) is 64.2 Å². The summed E-state index contributed by atoms with van der Waals surface area (Å²) in [4.78, 5) is 64.5. The largest absolute Gasteiger partial charge is 0.274 e. The van der Waals surface area contributed by atoms with E-state index in [1.807, 2.05) is 121 Å². The van der Waals surface area contributed by atoms with Crippen LogP contribution in [0.3, 0.4) is 0 Å². The molecule has 0 saturated heterocycles. The van der Waals surface area contributed by atoms with Crippen LogP contribution in [0.1, 0.15) is 177 Å². The number of carbonyl (C=O) groups excluding carboxylic acids is 4. The van der Waals surface area contributed by atoms with Gasteiger partial charge in [-0.15, -0.1) is 0 Å².